The lowest BCUT2D eigenvalue weighted by atomic mass is 10.1. The van der Waals surface area contributed by atoms with Crippen molar-refractivity contribution in [2.24, 2.45) is 5.73 Å². The third kappa shape index (κ3) is 2.85. The highest BCUT2D eigenvalue weighted by Gasteiger charge is 2.19. The second-order valence-corrected chi connectivity index (χ2v) is 5.34. The van der Waals surface area contributed by atoms with Crippen LogP contribution in [0.25, 0.3) is 11.3 Å². The minimum Gasteiger partial charge on any atom is -0.494 e. The predicted octanol–water partition coefficient (Wildman–Crippen LogP) is 2.15. The van der Waals surface area contributed by atoms with Gasteiger partial charge in [-0.3, -0.25) is 5.10 Å². The molecule has 3 N–H and O–H groups in total. The van der Waals surface area contributed by atoms with E-state index in [2.05, 4.69) is 15.1 Å². The summed E-state index contributed by atoms with van der Waals surface area (Å²) < 4.78 is 18.7. The van der Waals surface area contributed by atoms with Crippen LogP contribution < -0.4 is 15.4 Å². The summed E-state index contributed by atoms with van der Waals surface area (Å²) in [6.45, 7) is 1.76. The van der Waals surface area contributed by atoms with E-state index in [1.54, 1.807) is 12.1 Å². The molecule has 112 valence electrons. The molecule has 6 heteroatoms. The van der Waals surface area contributed by atoms with E-state index >= 15 is 0 Å². The Hall–Kier alpha value is -2.08. The van der Waals surface area contributed by atoms with Crippen molar-refractivity contribution in [3.8, 4) is 17.0 Å². The Morgan fingerprint density at radius 2 is 2.29 bits per heavy atom. The topological polar surface area (TPSA) is 67.2 Å². The first-order chi connectivity index (χ1) is 10.2. The van der Waals surface area contributed by atoms with Gasteiger partial charge in [0, 0.05) is 30.8 Å². The standard InChI is InChI=1S/C15H19FN4O/c1-21-14-5-4-10(7-12(14)16)13-8-15(19-18-13)20-6-2-3-11(17)9-20/h4-5,7-8,11H,2-3,6,9,17H2,1H3,(H,18,19). The lowest BCUT2D eigenvalue weighted by Gasteiger charge is -2.30. The van der Waals surface area contributed by atoms with Crippen LogP contribution in [0.1, 0.15) is 12.8 Å². The maximum absolute atomic E-state index is 13.8. The molecular formula is C15H19FN4O. The summed E-state index contributed by atoms with van der Waals surface area (Å²) in [6.07, 6.45) is 2.12. The van der Waals surface area contributed by atoms with Gasteiger partial charge in [0.1, 0.15) is 0 Å². The van der Waals surface area contributed by atoms with E-state index in [1.807, 2.05) is 6.07 Å². The molecule has 2 heterocycles. The molecule has 0 spiro atoms. The van der Waals surface area contributed by atoms with Gasteiger partial charge in [0.15, 0.2) is 17.4 Å². The molecule has 5 nitrogen and oxygen atoms in total. The molecule has 1 saturated heterocycles. The number of halogens is 1. The SMILES string of the molecule is COc1ccc(-c2cc(N3CCCC(N)C3)n[nH]2)cc1F. The van der Waals surface area contributed by atoms with E-state index < -0.39 is 0 Å². The smallest absolute Gasteiger partial charge is 0.165 e. The van der Waals surface area contributed by atoms with E-state index in [-0.39, 0.29) is 17.6 Å². The second kappa shape index (κ2) is 5.73. The number of ether oxygens (including phenoxy) is 1. The van der Waals surface area contributed by atoms with Gasteiger partial charge in [-0.05, 0) is 31.0 Å². The van der Waals surface area contributed by atoms with E-state index in [0.717, 1.165) is 43.0 Å². The van der Waals surface area contributed by atoms with Gasteiger partial charge >= 0.3 is 0 Å². The number of anilines is 1. The van der Waals surface area contributed by atoms with Gasteiger partial charge in [-0.2, -0.15) is 5.10 Å². The van der Waals surface area contributed by atoms with Crippen molar-refractivity contribution in [2.75, 3.05) is 25.1 Å². The number of piperidine rings is 1. The molecule has 0 amide bonds. The first-order valence-corrected chi connectivity index (χ1v) is 7.07. The van der Waals surface area contributed by atoms with E-state index in [9.17, 15) is 4.39 Å². The average Bonchev–Trinajstić information content (AvgIpc) is 2.97. The molecule has 21 heavy (non-hydrogen) atoms. The molecule has 1 aliphatic heterocycles. The molecule has 1 aliphatic rings. The lowest BCUT2D eigenvalue weighted by molar-refractivity contribution is 0.386. The lowest BCUT2D eigenvalue weighted by Crippen LogP contribution is -2.43. The van der Waals surface area contributed by atoms with Crippen LogP contribution in [0.4, 0.5) is 10.2 Å². The summed E-state index contributed by atoms with van der Waals surface area (Å²) in [5, 5.41) is 7.27. The summed E-state index contributed by atoms with van der Waals surface area (Å²) >= 11 is 0. The van der Waals surface area contributed by atoms with Crippen LogP contribution in [0.5, 0.6) is 5.75 Å². The Morgan fingerprint density at radius 3 is 3.00 bits per heavy atom. The molecule has 0 bridgehead atoms. The Labute approximate surface area is 122 Å². The van der Waals surface area contributed by atoms with Gasteiger partial charge in [-0.25, -0.2) is 4.39 Å². The van der Waals surface area contributed by atoms with Gasteiger partial charge in [0.2, 0.25) is 0 Å². The maximum Gasteiger partial charge on any atom is 0.165 e. The highest BCUT2D eigenvalue weighted by atomic mass is 19.1. The summed E-state index contributed by atoms with van der Waals surface area (Å²) in [6, 6.07) is 6.98. The molecular weight excluding hydrogens is 271 g/mol. The van der Waals surface area contributed by atoms with Crippen LogP contribution >= 0.6 is 0 Å². The predicted molar refractivity (Wildman–Crippen MR) is 80.0 cm³/mol. The third-order valence-electron chi connectivity index (χ3n) is 3.81. The number of nitrogens with zero attached hydrogens (tertiary/aromatic N) is 2. The van der Waals surface area contributed by atoms with Gasteiger partial charge < -0.3 is 15.4 Å². The van der Waals surface area contributed by atoms with Crippen molar-refractivity contribution in [3.05, 3.63) is 30.1 Å². The molecule has 1 atom stereocenters. The van der Waals surface area contributed by atoms with Crippen molar-refractivity contribution < 1.29 is 9.13 Å². The normalized spacial score (nSPS) is 18.8. The zero-order valence-corrected chi connectivity index (χ0v) is 12.0. The molecule has 2 aromatic rings. The van der Waals surface area contributed by atoms with Crippen LogP contribution in [0.2, 0.25) is 0 Å². The number of aromatic amines is 1. The van der Waals surface area contributed by atoms with E-state index in [4.69, 9.17) is 10.5 Å². The van der Waals surface area contributed by atoms with Crippen LogP contribution in [0.15, 0.2) is 24.3 Å². The molecule has 0 saturated carbocycles. The number of nitrogens with one attached hydrogen (secondary N) is 1. The second-order valence-electron chi connectivity index (χ2n) is 5.34. The molecule has 1 aromatic carbocycles. The summed E-state index contributed by atoms with van der Waals surface area (Å²) in [5.41, 5.74) is 7.52. The summed E-state index contributed by atoms with van der Waals surface area (Å²) in [4.78, 5) is 2.16. The van der Waals surface area contributed by atoms with Crippen LogP contribution in [0.3, 0.4) is 0 Å². The number of aromatic nitrogens is 2. The highest BCUT2D eigenvalue weighted by molar-refractivity contribution is 5.64. The molecule has 3 rings (SSSR count). The first kappa shape index (κ1) is 13.9. The van der Waals surface area contributed by atoms with Gasteiger partial charge in [-0.15, -0.1) is 0 Å². The number of hydrogen-bond acceptors (Lipinski definition) is 4. The largest absolute Gasteiger partial charge is 0.494 e. The quantitative estimate of drug-likeness (QED) is 0.909. The third-order valence-corrected chi connectivity index (χ3v) is 3.81. The minimum absolute atomic E-state index is 0.192. The average molecular weight is 290 g/mol. The number of H-pyrrole nitrogens is 1. The number of nitrogens with two attached hydrogens (primary N) is 1. The van der Waals surface area contributed by atoms with Crippen molar-refractivity contribution in [1.29, 1.82) is 0 Å². The van der Waals surface area contributed by atoms with Gasteiger partial charge in [0.05, 0.1) is 12.8 Å². The van der Waals surface area contributed by atoms with Crippen LogP contribution in [0, 0.1) is 5.82 Å². The number of methoxy groups -OCH3 is 1. The van der Waals surface area contributed by atoms with Gasteiger partial charge in [-0.1, -0.05) is 0 Å². The first-order valence-electron chi connectivity index (χ1n) is 7.07. The van der Waals surface area contributed by atoms with E-state index in [0.29, 0.717) is 0 Å². The Kier molecular flexibility index (Phi) is 3.79. The van der Waals surface area contributed by atoms with Crippen LogP contribution in [-0.2, 0) is 0 Å². The fourth-order valence-electron chi connectivity index (χ4n) is 2.67. The van der Waals surface area contributed by atoms with Crippen LogP contribution in [-0.4, -0.2) is 36.4 Å². The minimum atomic E-state index is -0.383. The Morgan fingerprint density at radius 1 is 1.43 bits per heavy atom. The molecule has 1 aromatic heterocycles. The highest BCUT2D eigenvalue weighted by Crippen LogP contribution is 2.27. The maximum atomic E-state index is 13.8. The van der Waals surface area contributed by atoms with Gasteiger partial charge in [0.25, 0.3) is 0 Å². The van der Waals surface area contributed by atoms with E-state index in [1.165, 1.54) is 13.2 Å². The fourth-order valence-corrected chi connectivity index (χ4v) is 2.67. The van der Waals surface area contributed by atoms with Crippen molar-refractivity contribution >= 4 is 5.82 Å². The zero-order valence-electron chi connectivity index (χ0n) is 12.0. The molecule has 0 aliphatic carbocycles. The molecule has 1 unspecified atom stereocenters. The Balaban J connectivity index is 1.82. The van der Waals surface area contributed by atoms with Crippen molar-refractivity contribution in [1.82, 2.24) is 10.2 Å². The molecule has 1 fully saturated rings. The number of hydrogen-bond donors (Lipinski definition) is 2. The molecule has 0 radical (unpaired) electrons. The van der Waals surface area contributed by atoms with Crippen molar-refractivity contribution in [3.63, 3.8) is 0 Å². The zero-order chi connectivity index (χ0) is 14.8. The monoisotopic (exact) mass is 290 g/mol. The van der Waals surface area contributed by atoms with Crippen molar-refractivity contribution in [2.45, 2.75) is 18.9 Å². The number of benzene rings is 1. The summed E-state index contributed by atoms with van der Waals surface area (Å²) in [5.74, 6) is 0.711. The fraction of sp³-hybridized carbons (Fsp3) is 0.400. The summed E-state index contributed by atoms with van der Waals surface area (Å²) in [7, 11) is 1.45. The Bertz CT molecular complexity index is 628. The number of rotatable bonds is 3.